The maximum absolute atomic E-state index is 12.3. The van der Waals surface area contributed by atoms with E-state index < -0.39 is 0 Å². The average Bonchev–Trinajstić information content (AvgIpc) is 2.88. The Labute approximate surface area is 142 Å². The minimum absolute atomic E-state index is 0.0286. The van der Waals surface area contributed by atoms with E-state index in [0.717, 1.165) is 5.75 Å². The molecule has 118 valence electrons. The number of hydrogen-bond acceptors (Lipinski definition) is 5. The third-order valence-electron chi connectivity index (χ3n) is 2.97. The molecule has 0 aliphatic rings. The fourth-order valence-corrected chi connectivity index (χ4v) is 3.68. The van der Waals surface area contributed by atoms with Crippen molar-refractivity contribution < 1.29 is 9.52 Å². The molecule has 2 aromatic heterocycles. The molecule has 0 saturated carbocycles. The second kappa shape index (κ2) is 7.80. The van der Waals surface area contributed by atoms with E-state index >= 15 is 0 Å². The van der Waals surface area contributed by atoms with Crippen molar-refractivity contribution >= 4 is 45.6 Å². The van der Waals surface area contributed by atoms with Crippen LogP contribution in [-0.4, -0.2) is 29.4 Å². The third-order valence-corrected chi connectivity index (χ3v) is 5.09. The van der Waals surface area contributed by atoms with Crippen LogP contribution in [0.3, 0.4) is 0 Å². The van der Waals surface area contributed by atoms with E-state index in [4.69, 9.17) is 11.6 Å². The Morgan fingerprint density at radius 1 is 1.59 bits per heavy atom. The molecule has 0 atom stereocenters. The van der Waals surface area contributed by atoms with Crippen molar-refractivity contribution in [3.8, 4) is 10.6 Å². The van der Waals surface area contributed by atoms with E-state index in [0.29, 0.717) is 38.4 Å². The predicted octanol–water partition coefficient (Wildman–Crippen LogP) is 3.20. The summed E-state index contributed by atoms with van der Waals surface area (Å²) in [6.07, 6.45) is 5.27. The number of carbonyl (C=O) groups excluding carboxylic acids is 1. The first kappa shape index (κ1) is 17.1. The fourth-order valence-electron chi connectivity index (χ4n) is 1.92. The summed E-state index contributed by atoms with van der Waals surface area (Å²) in [5.74, 6) is 0.800. The topological polar surface area (TPSA) is 60.1 Å². The number of pyridine rings is 1. The fraction of sp³-hybridized carbons (Fsp3) is 0.357. The van der Waals surface area contributed by atoms with Crippen LogP contribution < -0.4 is 9.63 Å². The molecule has 8 heteroatoms. The van der Waals surface area contributed by atoms with Crippen molar-refractivity contribution in [3.63, 3.8) is 0 Å². The van der Waals surface area contributed by atoms with Crippen molar-refractivity contribution in [1.29, 1.82) is 0 Å². The van der Waals surface area contributed by atoms with Gasteiger partial charge in [-0.05, 0) is 19.2 Å². The predicted molar refractivity (Wildman–Crippen MR) is 92.5 cm³/mol. The number of anilines is 1. The molecule has 0 unspecified atom stereocenters. The molecular weight excluding hydrogens is 342 g/mol. The second-order valence-corrected chi connectivity index (χ2v) is 6.77. The third kappa shape index (κ3) is 3.91. The molecule has 0 aromatic carbocycles. The second-order valence-electron chi connectivity index (χ2n) is 4.45. The number of carbonyl (C=O) groups is 1. The highest BCUT2D eigenvalue weighted by Crippen LogP contribution is 2.37. The number of rotatable bonds is 6. The van der Waals surface area contributed by atoms with Crippen LogP contribution in [0.1, 0.15) is 13.3 Å². The Bertz CT molecular complexity index is 663. The molecule has 0 N–H and O–H groups in total. The lowest BCUT2D eigenvalue weighted by Gasteiger charge is -2.18. The van der Waals surface area contributed by atoms with E-state index in [1.165, 1.54) is 23.7 Å². The molecule has 2 rings (SSSR count). The van der Waals surface area contributed by atoms with Crippen LogP contribution in [0.5, 0.6) is 0 Å². The lowest BCUT2D eigenvalue weighted by atomic mass is 10.3. The number of nitrogens with zero attached hydrogens (tertiary/aromatic N) is 3. The number of halogens is 1. The van der Waals surface area contributed by atoms with E-state index in [1.807, 2.05) is 13.2 Å². The van der Waals surface area contributed by atoms with Crippen molar-refractivity contribution in [2.24, 2.45) is 0 Å². The quantitative estimate of drug-likeness (QED) is 0.588. The summed E-state index contributed by atoms with van der Waals surface area (Å²) in [5, 5.41) is 12.9. The first-order valence-electron chi connectivity index (χ1n) is 6.71. The van der Waals surface area contributed by atoms with E-state index in [1.54, 1.807) is 28.8 Å². The minimum atomic E-state index is 0.0286. The normalized spacial score (nSPS) is 10.7. The highest BCUT2D eigenvalue weighted by atomic mass is 35.5. The van der Waals surface area contributed by atoms with Crippen molar-refractivity contribution in [1.82, 2.24) is 4.98 Å². The molecule has 0 bridgehead atoms. The summed E-state index contributed by atoms with van der Waals surface area (Å²) in [4.78, 5) is 18.2. The molecule has 0 fully saturated rings. The Kier molecular flexibility index (Phi) is 6.05. The van der Waals surface area contributed by atoms with Crippen molar-refractivity contribution in [2.45, 2.75) is 13.3 Å². The molecule has 22 heavy (non-hydrogen) atoms. The average molecular weight is 358 g/mol. The molecule has 0 saturated heterocycles. The van der Waals surface area contributed by atoms with Crippen LogP contribution in [0.2, 0.25) is 5.15 Å². The number of thioether (sulfide) groups is 1. The Balaban J connectivity index is 2.30. The molecular formula is C14H16ClN3O2S2. The number of thiazole rings is 1. The molecule has 2 heterocycles. The van der Waals surface area contributed by atoms with Crippen LogP contribution >= 0.6 is 34.7 Å². The first-order chi connectivity index (χ1) is 10.6. The van der Waals surface area contributed by atoms with Gasteiger partial charge in [0.25, 0.3) is 0 Å². The summed E-state index contributed by atoms with van der Waals surface area (Å²) in [7, 11) is 0. The minimum Gasteiger partial charge on any atom is -0.619 e. The van der Waals surface area contributed by atoms with Gasteiger partial charge in [-0.25, -0.2) is 4.98 Å². The molecule has 5 nitrogen and oxygen atoms in total. The lowest BCUT2D eigenvalue weighted by molar-refractivity contribution is -0.604. The van der Waals surface area contributed by atoms with Gasteiger partial charge >= 0.3 is 0 Å². The van der Waals surface area contributed by atoms with Gasteiger partial charge in [0, 0.05) is 24.8 Å². The Morgan fingerprint density at radius 3 is 3.00 bits per heavy atom. The van der Waals surface area contributed by atoms with E-state index in [9.17, 15) is 10.0 Å². The standard InChI is InChI=1S/C14H16ClN3O2S2/c1-3-18(11(19)6-8-21-2)14-12(15)16-13(22-14)10-5-4-7-17(20)9-10/h4-5,7,9H,3,6,8H2,1-2H3. The highest BCUT2D eigenvalue weighted by Gasteiger charge is 2.21. The van der Waals surface area contributed by atoms with Crippen molar-refractivity contribution in [3.05, 3.63) is 34.9 Å². The zero-order valence-corrected chi connectivity index (χ0v) is 14.7. The summed E-state index contributed by atoms with van der Waals surface area (Å²) < 4.78 is 0.714. The smallest absolute Gasteiger partial charge is 0.228 e. The van der Waals surface area contributed by atoms with Crippen LogP contribution in [0, 0.1) is 5.21 Å². The Hall–Kier alpha value is -1.31. The summed E-state index contributed by atoms with van der Waals surface area (Å²) in [6.45, 7) is 2.44. The first-order valence-corrected chi connectivity index (χ1v) is 9.30. The van der Waals surface area contributed by atoms with Crippen LogP contribution in [-0.2, 0) is 4.79 Å². The van der Waals surface area contributed by atoms with Gasteiger partial charge in [0.05, 0.1) is 5.56 Å². The van der Waals surface area contributed by atoms with Gasteiger partial charge in [-0.3, -0.25) is 4.79 Å². The van der Waals surface area contributed by atoms with Gasteiger partial charge < -0.3 is 10.1 Å². The zero-order valence-electron chi connectivity index (χ0n) is 12.3. The zero-order chi connectivity index (χ0) is 16.1. The molecule has 2 aromatic rings. The summed E-state index contributed by atoms with van der Waals surface area (Å²) in [6, 6.07) is 3.44. The van der Waals surface area contributed by atoms with Gasteiger partial charge in [0.1, 0.15) is 10.0 Å². The van der Waals surface area contributed by atoms with Gasteiger partial charge in [-0.15, -0.1) is 0 Å². The van der Waals surface area contributed by atoms with Gasteiger partial charge in [0.15, 0.2) is 17.5 Å². The molecule has 0 aliphatic carbocycles. The van der Waals surface area contributed by atoms with Crippen LogP contribution in [0.15, 0.2) is 24.5 Å². The molecule has 0 aliphatic heterocycles. The SMILES string of the molecule is CCN(C(=O)CCSC)c1sc(-c2ccc[n+]([O-])c2)nc1Cl. The van der Waals surface area contributed by atoms with E-state index in [2.05, 4.69) is 4.98 Å². The monoisotopic (exact) mass is 357 g/mol. The number of amides is 1. The highest BCUT2D eigenvalue weighted by molar-refractivity contribution is 7.98. The number of aromatic nitrogens is 2. The van der Waals surface area contributed by atoms with Gasteiger partial charge in [0.2, 0.25) is 5.91 Å². The summed E-state index contributed by atoms with van der Waals surface area (Å²) in [5.41, 5.74) is 0.684. The van der Waals surface area contributed by atoms with E-state index in [-0.39, 0.29) is 5.91 Å². The van der Waals surface area contributed by atoms with Gasteiger partial charge in [-0.2, -0.15) is 16.5 Å². The number of hydrogen-bond donors (Lipinski definition) is 0. The Morgan fingerprint density at radius 2 is 2.36 bits per heavy atom. The molecule has 0 spiro atoms. The molecule has 1 amide bonds. The molecule has 0 radical (unpaired) electrons. The maximum atomic E-state index is 12.3. The van der Waals surface area contributed by atoms with Gasteiger partial charge in [-0.1, -0.05) is 22.9 Å². The lowest BCUT2D eigenvalue weighted by Crippen LogP contribution is -2.30. The van der Waals surface area contributed by atoms with Crippen LogP contribution in [0.25, 0.3) is 10.6 Å². The summed E-state index contributed by atoms with van der Waals surface area (Å²) >= 11 is 9.15. The van der Waals surface area contributed by atoms with Crippen molar-refractivity contribution in [2.75, 3.05) is 23.5 Å². The largest absolute Gasteiger partial charge is 0.619 e. The van der Waals surface area contributed by atoms with Crippen LogP contribution in [0.4, 0.5) is 5.00 Å². The maximum Gasteiger partial charge on any atom is 0.228 e.